The van der Waals surface area contributed by atoms with Gasteiger partial charge in [0.25, 0.3) is 5.91 Å². The molecule has 2 rings (SSSR count). The number of hydrogen-bond acceptors (Lipinski definition) is 4. The zero-order chi connectivity index (χ0) is 16.7. The van der Waals surface area contributed by atoms with Crippen LogP contribution in [0.3, 0.4) is 0 Å². The predicted octanol–water partition coefficient (Wildman–Crippen LogP) is 0.930. The van der Waals surface area contributed by atoms with Crippen LogP contribution in [0.25, 0.3) is 0 Å². The molecule has 0 radical (unpaired) electrons. The number of rotatable bonds is 7. The minimum atomic E-state index is -1.50. The van der Waals surface area contributed by atoms with Crippen LogP contribution in [0.2, 0.25) is 0 Å². The van der Waals surface area contributed by atoms with E-state index < -0.39 is 23.9 Å². The fourth-order valence-electron chi connectivity index (χ4n) is 2.73. The van der Waals surface area contributed by atoms with E-state index in [0.717, 1.165) is 12.0 Å². The second kappa shape index (κ2) is 8.64. The summed E-state index contributed by atoms with van der Waals surface area (Å²) in [6, 6.07) is 9.74. The summed E-state index contributed by atoms with van der Waals surface area (Å²) in [6.45, 7) is 1.63. The topological polar surface area (TPSA) is 87.1 Å². The highest BCUT2D eigenvalue weighted by Gasteiger charge is 2.34. The number of aliphatic hydroxyl groups excluding tert-OH is 1. The zero-order valence-corrected chi connectivity index (χ0v) is 13.1. The molecular weight excluding hydrogens is 298 g/mol. The van der Waals surface area contributed by atoms with Gasteiger partial charge in [0, 0.05) is 13.1 Å². The summed E-state index contributed by atoms with van der Waals surface area (Å²) in [7, 11) is 0. The average Bonchev–Trinajstić information content (AvgIpc) is 2.59. The van der Waals surface area contributed by atoms with E-state index in [1.54, 1.807) is 0 Å². The van der Waals surface area contributed by atoms with Gasteiger partial charge in [-0.05, 0) is 24.8 Å². The Hall–Kier alpha value is -1.92. The molecule has 1 aliphatic heterocycles. The van der Waals surface area contributed by atoms with E-state index in [1.165, 1.54) is 4.90 Å². The number of aliphatic hydroxyl groups is 1. The van der Waals surface area contributed by atoms with Crippen molar-refractivity contribution in [3.05, 3.63) is 35.9 Å². The lowest BCUT2D eigenvalue weighted by Crippen LogP contribution is -2.49. The number of aliphatic carboxylic acids is 1. The lowest BCUT2D eigenvalue weighted by molar-refractivity contribution is -0.157. The van der Waals surface area contributed by atoms with Crippen molar-refractivity contribution in [2.24, 2.45) is 5.92 Å². The Balaban J connectivity index is 1.89. The molecule has 1 aromatic rings. The van der Waals surface area contributed by atoms with Gasteiger partial charge in [0.15, 0.2) is 0 Å². The van der Waals surface area contributed by atoms with Crippen LogP contribution in [-0.4, -0.2) is 59.4 Å². The molecule has 0 spiro atoms. The number of morpholine rings is 1. The summed E-state index contributed by atoms with van der Waals surface area (Å²) in [5.41, 5.74) is 1.12. The number of carbonyl (C=O) groups is 2. The summed E-state index contributed by atoms with van der Waals surface area (Å²) < 4.78 is 5.16. The Morgan fingerprint density at radius 3 is 2.43 bits per heavy atom. The summed E-state index contributed by atoms with van der Waals surface area (Å²) in [5, 5.41) is 19.5. The minimum Gasteiger partial charge on any atom is -0.481 e. The van der Waals surface area contributed by atoms with Crippen molar-refractivity contribution >= 4 is 11.9 Å². The Morgan fingerprint density at radius 1 is 1.17 bits per heavy atom. The number of nitrogens with zero attached hydrogens (tertiary/aromatic N) is 1. The Bertz CT molecular complexity index is 513. The van der Waals surface area contributed by atoms with Gasteiger partial charge in [-0.2, -0.15) is 0 Å². The van der Waals surface area contributed by atoms with E-state index in [2.05, 4.69) is 0 Å². The Morgan fingerprint density at radius 2 is 1.83 bits per heavy atom. The van der Waals surface area contributed by atoms with Crippen molar-refractivity contribution in [1.29, 1.82) is 0 Å². The minimum absolute atomic E-state index is 0.265. The number of carboxylic acids is 1. The lowest BCUT2D eigenvalue weighted by Gasteiger charge is -2.30. The molecule has 0 aromatic heterocycles. The summed E-state index contributed by atoms with van der Waals surface area (Å²) in [5.74, 6) is -2.72. The third-order valence-corrected chi connectivity index (χ3v) is 4.10. The van der Waals surface area contributed by atoms with Crippen molar-refractivity contribution in [3.8, 4) is 0 Å². The summed E-state index contributed by atoms with van der Waals surface area (Å²) in [4.78, 5) is 25.1. The van der Waals surface area contributed by atoms with Gasteiger partial charge in [-0.3, -0.25) is 9.59 Å². The van der Waals surface area contributed by atoms with Crippen molar-refractivity contribution in [3.63, 3.8) is 0 Å². The number of hydrogen-bond donors (Lipinski definition) is 2. The van der Waals surface area contributed by atoms with Gasteiger partial charge in [-0.25, -0.2) is 0 Å². The maximum absolute atomic E-state index is 12.2. The second-order valence-corrected chi connectivity index (χ2v) is 5.71. The highest BCUT2D eigenvalue weighted by molar-refractivity contribution is 5.86. The SMILES string of the molecule is O=C(O)C(CCCc1ccccc1)C(O)C(=O)N1CCOCC1. The van der Waals surface area contributed by atoms with Gasteiger partial charge in [0.1, 0.15) is 6.10 Å². The molecule has 0 aliphatic carbocycles. The zero-order valence-electron chi connectivity index (χ0n) is 13.1. The van der Waals surface area contributed by atoms with Crippen LogP contribution in [0.4, 0.5) is 0 Å². The van der Waals surface area contributed by atoms with Crippen molar-refractivity contribution < 1.29 is 24.5 Å². The monoisotopic (exact) mass is 321 g/mol. The molecule has 2 unspecified atom stereocenters. The van der Waals surface area contributed by atoms with E-state index >= 15 is 0 Å². The maximum atomic E-state index is 12.2. The standard InChI is InChI=1S/C17H23NO5/c19-15(16(20)18-9-11-23-12-10-18)14(17(21)22)8-4-7-13-5-2-1-3-6-13/h1-3,5-6,14-15,19H,4,7-12H2,(H,21,22). The van der Waals surface area contributed by atoms with Gasteiger partial charge in [0.05, 0.1) is 19.1 Å². The van der Waals surface area contributed by atoms with Gasteiger partial charge in [-0.1, -0.05) is 30.3 Å². The summed E-state index contributed by atoms with van der Waals surface area (Å²) in [6.07, 6.45) is 0.0975. The molecule has 23 heavy (non-hydrogen) atoms. The lowest BCUT2D eigenvalue weighted by atomic mass is 9.93. The highest BCUT2D eigenvalue weighted by Crippen LogP contribution is 2.17. The third-order valence-electron chi connectivity index (χ3n) is 4.10. The first-order chi connectivity index (χ1) is 11.1. The number of carbonyl (C=O) groups excluding carboxylic acids is 1. The molecule has 6 heteroatoms. The molecule has 1 amide bonds. The fourth-order valence-corrected chi connectivity index (χ4v) is 2.73. The first kappa shape index (κ1) is 17.4. The molecule has 2 atom stereocenters. The molecule has 2 N–H and O–H groups in total. The first-order valence-electron chi connectivity index (χ1n) is 7.91. The number of benzene rings is 1. The molecule has 1 saturated heterocycles. The highest BCUT2D eigenvalue weighted by atomic mass is 16.5. The molecule has 1 aliphatic rings. The van der Waals surface area contributed by atoms with E-state index in [1.807, 2.05) is 30.3 Å². The molecule has 6 nitrogen and oxygen atoms in total. The van der Waals surface area contributed by atoms with Gasteiger partial charge in [-0.15, -0.1) is 0 Å². The molecule has 1 heterocycles. The normalized spacial score (nSPS) is 17.5. The first-order valence-corrected chi connectivity index (χ1v) is 7.91. The van der Waals surface area contributed by atoms with Crippen LogP contribution in [0.5, 0.6) is 0 Å². The van der Waals surface area contributed by atoms with Gasteiger partial charge >= 0.3 is 5.97 Å². The maximum Gasteiger partial charge on any atom is 0.309 e. The number of aryl methyl sites for hydroxylation is 1. The van der Waals surface area contributed by atoms with Crippen LogP contribution in [0.15, 0.2) is 30.3 Å². The van der Waals surface area contributed by atoms with Crippen LogP contribution >= 0.6 is 0 Å². The van der Waals surface area contributed by atoms with Crippen molar-refractivity contribution in [1.82, 2.24) is 4.90 Å². The van der Waals surface area contributed by atoms with Crippen molar-refractivity contribution in [2.45, 2.75) is 25.4 Å². The molecule has 0 bridgehead atoms. The predicted molar refractivity (Wildman–Crippen MR) is 83.9 cm³/mol. The largest absolute Gasteiger partial charge is 0.481 e. The quantitative estimate of drug-likeness (QED) is 0.780. The number of amides is 1. The van der Waals surface area contributed by atoms with Crippen molar-refractivity contribution in [2.75, 3.05) is 26.3 Å². The average molecular weight is 321 g/mol. The Labute approximate surface area is 135 Å². The molecular formula is C17H23NO5. The van der Waals surface area contributed by atoms with Crippen LogP contribution < -0.4 is 0 Å². The smallest absolute Gasteiger partial charge is 0.309 e. The Kier molecular flexibility index (Phi) is 6.55. The molecule has 1 fully saturated rings. The fraction of sp³-hybridized carbons (Fsp3) is 0.529. The summed E-state index contributed by atoms with van der Waals surface area (Å²) >= 11 is 0. The number of carboxylic acid groups (broad SMARTS) is 1. The van der Waals surface area contributed by atoms with Crippen LogP contribution in [0, 0.1) is 5.92 Å². The van der Waals surface area contributed by atoms with Crippen LogP contribution in [-0.2, 0) is 20.7 Å². The van der Waals surface area contributed by atoms with E-state index in [0.29, 0.717) is 32.7 Å². The van der Waals surface area contributed by atoms with E-state index in [9.17, 15) is 19.8 Å². The van der Waals surface area contributed by atoms with Crippen LogP contribution in [0.1, 0.15) is 18.4 Å². The van der Waals surface area contributed by atoms with E-state index in [4.69, 9.17) is 4.74 Å². The van der Waals surface area contributed by atoms with E-state index in [-0.39, 0.29) is 6.42 Å². The molecule has 1 aromatic carbocycles. The second-order valence-electron chi connectivity index (χ2n) is 5.71. The van der Waals surface area contributed by atoms with Gasteiger partial charge in [0.2, 0.25) is 0 Å². The molecule has 0 saturated carbocycles. The molecule has 126 valence electrons. The van der Waals surface area contributed by atoms with Gasteiger partial charge < -0.3 is 19.8 Å². The number of ether oxygens (including phenoxy) is 1. The third kappa shape index (κ3) is 5.04.